The molecule has 1 fully saturated rings. The summed E-state index contributed by atoms with van der Waals surface area (Å²) in [5, 5.41) is 0.901. The number of halogens is 1. The van der Waals surface area contributed by atoms with Gasteiger partial charge in [0.05, 0.1) is 5.69 Å². The normalized spacial score (nSPS) is 20.0. The van der Waals surface area contributed by atoms with Gasteiger partial charge in [-0.3, -0.25) is 4.79 Å². The van der Waals surface area contributed by atoms with Gasteiger partial charge in [-0.15, -0.1) is 11.8 Å². The maximum Gasteiger partial charge on any atom is 0.227 e. The van der Waals surface area contributed by atoms with E-state index in [1.165, 1.54) is 4.90 Å². The van der Waals surface area contributed by atoms with Gasteiger partial charge >= 0.3 is 0 Å². The average Bonchev–Trinajstić information content (AvgIpc) is 2.72. The van der Waals surface area contributed by atoms with E-state index in [9.17, 15) is 4.79 Å². The fourth-order valence-corrected chi connectivity index (χ4v) is 3.32. The van der Waals surface area contributed by atoms with Crippen LogP contribution in [0.15, 0.2) is 29.2 Å². The van der Waals surface area contributed by atoms with E-state index < -0.39 is 0 Å². The van der Waals surface area contributed by atoms with Gasteiger partial charge in [0.2, 0.25) is 5.91 Å². The molecule has 1 aromatic carbocycles. The molecule has 92 valence electrons. The summed E-state index contributed by atoms with van der Waals surface area (Å²) in [7, 11) is 0. The van der Waals surface area contributed by atoms with Crippen molar-refractivity contribution in [3.8, 4) is 0 Å². The Morgan fingerprint density at radius 3 is 2.88 bits per heavy atom. The van der Waals surface area contributed by atoms with Gasteiger partial charge in [-0.25, -0.2) is 0 Å². The molecule has 1 atom stereocenters. The molecule has 0 radical (unpaired) electrons. The number of amides is 1. The Kier molecular flexibility index (Phi) is 4.51. The lowest BCUT2D eigenvalue weighted by atomic mass is 10.2. The van der Waals surface area contributed by atoms with E-state index in [0.717, 1.165) is 23.3 Å². The molecule has 2 nitrogen and oxygen atoms in total. The Morgan fingerprint density at radius 2 is 2.24 bits per heavy atom. The molecule has 1 aliphatic rings. The topological polar surface area (TPSA) is 20.3 Å². The molecule has 1 amide bonds. The Hall–Kier alpha value is -0.480. The van der Waals surface area contributed by atoms with Crippen LogP contribution in [0.1, 0.15) is 13.3 Å². The third-order valence-electron chi connectivity index (χ3n) is 2.88. The second-order valence-electron chi connectivity index (χ2n) is 4.13. The number of carbonyl (C=O) groups excluding carboxylic acids is 1. The number of rotatable bonds is 4. The summed E-state index contributed by atoms with van der Waals surface area (Å²) in [5.41, 5.74) is 1.08. The molecule has 0 saturated carbocycles. The van der Waals surface area contributed by atoms with Crippen molar-refractivity contribution in [2.24, 2.45) is 5.92 Å². The van der Waals surface area contributed by atoms with Crippen LogP contribution in [0.25, 0.3) is 0 Å². The fourth-order valence-electron chi connectivity index (χ4n) is 2.08. The maximum absolute atomic E-state index is 12.0. The van der Waals surface area contributed by atoms with E-state index in [1.54, 1.807) is 11.8 Å². The highest BCUT2D eigenvalue weighted by Crippen LogP contribution is 2.34. The van der Waals surface area contributed by atoms with Crippen LogP contribution in [0.5, 0.6) is 0 Å². The molecule has 0 N–H and O–H groups in total. The first-order chi connectivity index (χ1) is 8.26. The molecule has 1 heterocycles. The van der Waals surface area contributed by atoms with Crippen molar-refractivity contribution in [3.05, 3.63) is 24.3 Å². The lowest BCUT2D eigenvalue weighted by molar-refractivity contribution is -0.117. The monoisotopic (exact) mass is 313 g/mol. The molecule has 2 rings (SSSR count). The Balaban J connectivity index is 2.25. The standard InChI is InChI=1S/C13H16BrNOS/c1-2-17-12-6-4-3-5-11(12)15-9-10(8-14)7-13(15)16/h3-6,10H,2,7-9H2,1H3. The summed E-state index contributed by atoms with van der Waals surface area (Å²) in [6, 6.07) is 8.18. The summed E-state index contributed by atoms with van der Waals surface area (Å²) in [6.07, 6.45) is 0.663. The molecular weight excluding hydrogens is 298 g/mol. The first-order valence-corrected chi connectivity index (χ1v) is 7.95. The van der Waals surface area contributed by atoms with Gasteiger partial charge in [-0.1, -0.05) is 35.0 Å². The Bertz CT molecular complexity index is 410. The molecule has 0 aliphatic carbocycles. The van der Waals surface area contributed by atoms with Gasteiger partial charge in [0.1, 0.15) is 0 Å². The lowest BCUT2D eigenvalue weighted by Gasteiger charge is -2.19. The highest BCUT2D eigenvalue weighted by Gasteiger charge is 2.30. The molecule has 0 aromatic heterocycles. The second-order valence-corrected chi connectivity index (χ2v) is 6.08. The zero-order valence-electron chi connectivity index (χ0n) is 9.86. The number of thioether (sulfide) groups is 1. The number of hydrogen-bond donors (Lipinski definition) is 0. The van der Waals surface area contributed by atoms with Crippen molar-refractivity contribution in [2.75, 3.05) is 22.5 Å². The molecule has 4 heteroatoms. The summed E-state index contributed by atoms with van der Waals surface area (Å²) in [4.78, 5) is 15.1. The summed E-state index contributed by atoms with van der Waals surface area (Å²) < 4.78 is 0. The Morgan fingerprint density at radius 1 is 1.47 bits per heavy atom. The summed E-state index contributed by atoms with van der Waals surface area (Å²) in [5.74, 6) is 1.72. The molecule has 0 bridgehead atoms. The fraction of sp³-hybridized carbons (Fsp3) is 0.462. The van der Waals surface area contributed by atoms with Crippen molar-refractivity contribution in [1.29, 1.82) is 0 Å². The second kappa shape index (κ2) is 5.91. The van der Waals surface area contributed by atoms with E-state index in [-0.39, 0.29) is 5.91 Å². The van der Waals surface area contributed by atoms with Crippen molar-refractivity contribution < 1.29 is 4.79 Å². The van der Waals surface area contributed by atoms with Crippen LogP contribution in [-0.2, 0) is 4.79 Å². The van der Waals surface area contributed by atoms with Crippen LogP contribution >= 0.6 is 27.7 Å². The van der Waals surface area contributed by atoms with E-state index in [1.807, 2.05) is 23.1 Å². The SMILES string of the molecule is CCSc1ccccc1N1CC(CBr)CC1=O. The van der Waals surface area contributed by atoms with Crippen molar-refractivity contribution in [3.63, 3.8) is 0 Å². The van der Waals surface area contributed by atoms with Crippen LogP contribution in [0.3, 0.4) is 0 Å². The third-order valence-corrected chi connectivity index (χ3v) is 4.74. The number of nitrogens with zero attached hydrogens (tertiary/aromatic N) is 1. The number of para-hydroxylation sites is 1. The van der Waals surface area contributed by atoms with Gasteiger partial charge in [-0.05, 0) is 23.8 Å². The maximum atomic E-state index is 12.0. The number of anilines is 1. The highest BCUT2D eigenvalue weighted by atomic mass is 79.9. The summed E-state index contributed by atoms with van der Waals surface area (Å²) >= 11 is 5.26. The molecule has 1 unspecified atom stereocenters. The van der Waals surface area contributed by atoms with E-state index >= 15 is 0 Å². The minimum Gasteiger partial charge on any atom is -0.311 e. The predicted molar refractivity (Wildman–Crippen MR) is 77.1 cm³/mol. The average molecular weight is 314 g/mol. The highest BCUT2D eigenvalue weighted by molar-refractivity contribution is 9.09. The smallest absolute Gasteiger partial charge is 0.227 e. The lowest BCUT2D eigenvalue weighted by Crippen LogP contribution is -2.25. The number of alkyl halides is 1. The van der Waals surface area contributed by atoms with Crippen LogP contribution in [-0.4, -0.2) is 23.5 Å². The zero-order chi connectivity index (χ0) is 12.3. The molecular formula is C13H16BrNOS. The molecule has 1 aromatic rings. The van der Waals surface area contributed by atoms with Crippen molar-refractivity contribution in [1.82, 2.24) is 0 Å². The zero-order valence-corrected chi connectivity index (χ0v) is 12.3. The first-order valence-electron chi connectivity index (χ1n) is 5.84. The molecule has 1 saturated heterocycles. The van der Waals surface area contributed by atoms with Crippen LogP contribution < -0.4 is 4.90 Å². The van der Waals surface area contributed by atoms with Gasteiger partial charge in [-0.2, -0.15) is 0 Å². The van der Waals surface area contributed by atoms with Gasteiger partial charge < -0.3 is 4.90 Å². The van der Waals surface area contributed by atoms with Crippen molar-refractivity contribution in [2.45, 2.75) is 18.2 Å². The molecule has 0 spiro atoms. The number of carbonyl (C=O) groups is 1. The number of benzene rings is 1. The van der Waals surface area contributed by atoms with Gasteiger partial charge in [0.25, 0.3) is 0 Å². The largest absolute Gasteiger partial charge is 0.311 e. The molecule has 1 aliphatic heterocycles. The van der Waals surface area contributed by atoms with Crippen LogP contribution in [0, 0.1) is 5.92 Å². The third kappa shape index (κ3) is 2.86. The van der Waals surface area contributed by atoms with Crippen molar-refractivity contribution >= 4 is 39.3 Å². The molecule has 17 heavy (non-hydrogen) atoms. The van der Waals surface area contributed by atoms with E-state index in [0.29, 0.717) is 12.3 Å². The first kappa shape index (κ1) is 13.0. The van der Waals surface area contributed by atoms with Crippen LogP contribution in [0.2, 0.25) is 0 Å². The quantitative estimate of drug-likeness (QED) is 0.626. The Labute approximate surface area is 115 Å². The van der Waals surface area contributed by atoms with E-state index in [4.69, 9.17) is 0 Å². The summed E-state index contributed by atoms with van der Waals surface area (Å²) in [6.45, 7) is 2.97. The number of hydrogen-bond acceptors (Lipinski definition) is 2. The van der Waals surface area contributed by atoms with Gasteiger partial charge in [0, 0.05) is 23.2 Å². The minimum absolute atomic E-state index is 0.249. The van der Waals surface area contributed by atoms with Crippen LogP contribution in [0.4, 0.5) is 5.69 Å². The van der Waals surface area contributed by atoms with Gasteiger partial charge in [0.15, 0.2) is 0 Å². The van der Waals surface area contributed by atoms with E-state index in [2.05, 4.69) is 28.9 Å². The minimum atomic E-state index is 0.249. The predicted octanol–water partition coefficient (Wildman–Crippen LogP) is 3.55.